The van der Waals surface area contributed by atoms with Gasteiger partial charge in [0.25, 0.3) is 5.91 Å². The number of benzene rings is 4. The topological polar surface area (TPSA) is 105 Å². The molecule has 0 aromatic heterocycles. The fourth-order valence-electron chi connectivity index (χ4n) is 6.69. The highest BCUT2D eigenvalue weighted by atomic mass is 35.5. The predicted molar refractivity (Wildman–Crippen MR) is 172 cm³/mol. The van der Waals surface area contributed by atoms with Gasteiger partial charge in [-0.2, -0.15) is 0 Å². The molecule has 2 bridgehead atoms. The van der Waals surface area contributed by atoms with Gasteiger partial charge in [-0.15, -0.1) is 0 Å². The number of sulfone groups is 1. The fraction of sp³-hybridized carbons (Fsp3) is 0.257. The van der Waals surface area contributed by atoms with Gasteiger partial charge in [-0.05, 0) is 72.4 Å². The van der Waals surface area contributed by atoms with Crippen LogP contribution in [0.3, 0.4) is 0 Å². The molecule has 12 heteroatoms. The number of oxime groups is 1. The monoisotopic (exact) mass is 682 g/mol. The summed E-state index contributed by atoms with van der Waals surface area (Å²) in [4.78, 5) is 18.1. The standard InChI is InChI=1S/C35H30ClF3N2O5S/c36-28-13-12-24(34(42)41-27-15-29(37)32(39)30(38)16-27)14-31(28)47(44,45)33-25-10-11-26(33)18-35(43,17-25)20-40-46-19-21-6-8-23(9-7-21)22-4-2-1-3-5-22/h1-9,12-16,20,25-26,33,43H,10-11,17-19H2,(H,41,42)/b40-20+/t25-,26?,33?,35+/m0/s1. The number of carbonyl (C=O) groups excluding carboxylic acids is 1. The van der Waals surface area contributed by atoms with Crippen LogP contribution in [-0.4, -0.2) is 36.5 Å². The van der Waals surface area contributed by atoms with Crippen LogP contribution < -0.4 is 5.32 Å². The smallest absolute Gasteiger partial charge is 0.255 e. The minimum Gasteiger partial charge on any atom is -0.391 e. The molecule has 4 aromatic carbocycles. The molecule has 4 aromatic rings. The van der Waals surface area contributed by atoms with Crippen molar-refractivity contribution in [1.29, 1.82) is 0 Å². The van der Waals surface area contributed by atoms with Crippen LogP contribution in [0.2, 0.25) is 5.02 Å². The number of nitrogens with one attached hydrogen (secondary N) is 1. The molecule has 6 rings (SSSR count). The molecule has 0 saturated heterocycles. The number of hydrogen-bond acceptors (Lipinski definition) is 6. The first-order chi connectivity index (χ1) is 22.4. The van der Waals surface area contributed by atoms with Crippen LogP contribution in [-0.2, 0) is 21.3 Å². The maximum absolute atomic E-state index is 14.0. The van der Waals surface area contributed by atoms with Crippen LogP contribution in [0.1, 0.15) is 41.6 Å². The molecule has 47 heavy (non-hydrogen) atoms. The second-order valence-electron chi connectivity index (χ2n) is 12.0. The fourth-order valence-corrected chi connectivity index (χ4v) is 9.54. The van der Waals surface area contributed by atoms with Crippen molar-refractivity contribution in [3.05, 3.63) is 119 Å². The van der Waals surface area contributed by atoms with Gasteiger partial charge in [0.15, 0.2) is 27.3 Å². The second-order valence-corrected chi connectivity index (χ2v) is 14.5. The van der Waals surface area contributed by atoms with Crippen molar-refractivity contribution in [2.45, 2.75) is 48.0 Å². The summed E-state index contributed by atoms with van der Waals surface area (Å²) >= 11 is 6.33. The average molecular weight is 683 g/mol. The molecule has 2 aliphatic rings. The Kier molecular flexibility index (Phi) is 9.15. The van der Waals surface area contributed by atoms with Crippen LogP contribution >= 0.6 is 11.6 Å². The van der Waals surface area contributed by atoms with Crippen LogP contribution in [0.15, 0.2) is 95.0 Å². The van der Waals surface area contributed by atoms with Gasteiger partial charge < -0.3 is 15.3 Å². The Labute approximate surface area is 274 Å². The molecule has 0 aliphatic heterocycles. The van der Waals surface area contributed by atoms with E-state index in [-0.39, 0.29) is 40.6 Å². The molecule has 244 valence electrons. The van der Waals surface area contributed by atoms with E-state index >= 15 is 0 Å². The first kappa shape index (κ1) is 32.7. The average Bonchev–Trinajstić information content (AvgIpc) is 3.35. The number of anilines is 1. The number of carbonyl (C=O) groups is 1. The van der Waals surface area contributed by atoms with Gasteiger partial charge in [-0.25, -0.2) is 21.6 Å². The molecule has 1 amide bonds. The predicted octanol–water partition coefficient (Wildman–Crippen LogP) is 7.57. The number of hydrogen-bond donors (Lipinski definition) is 2. The number of nitrogens with zero attached hydrogens (tertiary/aromatic N) is 1. The van der Waals surface area contributed by atoms with E-state index in [2.05, 4.69) is 10.5 Å². The molecule has 2 N–H and O–H groups in total. The van der Waals surface area contributed by atoms with Gasteiger partial charge >= 0.3 is 0 Å². The third kappa shape index (κ3) is 6.93. The zero-order valence-corrected chi connectivity index (χ0v) is 26.4. The SMILES string of the molecule is O=C(Nc1cc(F)c(F)c(F)c1)c1ccc(Cl)c(S(=O)(=O)C2C3CC[C@H]2C[C@](O)(/C=N/OCc2ccc(-c4ccccc4)cc2)C3)c1. The van der Waals surface area contributed by atoms with Crippen molar-refractivity contribution in [2.75, 3.05) is 5.32 Å². The molecule has 0 heterocycles. The zero-order chi connectivity index (χ0) is 33.3. The van der Waals surface area contributed by atoms with Crippen molar-refractivity contribution in [2.24, 2.45) is 17.0 Å². The largest absolute Gasteiger partial charge is 0.391 e. The summed E-state index contributed by atoms with van der Waals surface area (Å²) in [6.45, 7) is 0.193. The lowest BCUT2D eigenvalue weighted by Gasteiger charge is -2.38. The van der Waals surface area contributed by atoms with E-state index in [9.17, 15) is 31.5 Å². The van der Waals surface area contributed by atoms with Crippen LogP contribution in [0.5, 0.6) is 0 Å². The van der Waals surface area contributed by atoms with Gasteiger partial charge in [0.1, 0.15) is 12.2 Å². The van der Waals surface area contributed by atoms with E-state index in [4.69, 9.17) is 16.4 Å². The van der Waals surface area contributed by atoms with Crippen molar-refractivity contribution >= 4 is 39.2 Å². The van der Waals surface area contributed by atoms with Gasteiger partial charge in [-0.3, -0.25) is 4.79 Å². The number of halogens is 4. The first-order valence-electron chi connectivity index (χ1n) is 15.0. The highest BCUT2D eigenvalue weighted by Crippen LogP contribution is 2.51. The highest BCUT2D eigenvalue weighted by molar-refractivity contribution is 7.92. The first-order valence-corrected chi connectivity index (χ1v) is 16.9. The lowest BCUT2D eigenvalue weighted by Crippen LogP contribution is -2.47. The van der Waals surface area contributed by atoms with Gasteiger partial charge in [0, 0.05) is 23.4 Å². The van der Waals surface area contributed by atoms with Crippen LogP contribution in [0.4, 0.5) is 18.9 Å². The zero-order valence-electron chi connectivity index (χ0n) is 24.9. The minimum atomic E-state index is -4.08. The number of fused-ring (bicyclic) bond motifs is 2. The molecule has 2 unspecified atom stereocenters. The molecule has 7 nitrogen and oxygen atoms in total. The summed E-state index contributed by atoms with van der Waals surface area (Å²) < 4.78 is 68.5. The van der Waals surface area contributed by atoms with E-state index in [1.54, 1.807) is 0 Å². The number of rotatable bonds is 9. The number of aliphatic hydroxyl groups is 1. The summed E-state index contributed by atoms with van der Waals surface area (Å²) in [5, 5.41) is 16.7. The Morgan fingerprint density at radius 3 is 2.19 bits per heavy atom. The van der Waals surface area contributed by atoms with Crippen molar-refractivity contribution in [3.8, 4) is 11.1 Å². The maximum Gasteiger partial charge on any atom is 0.255 e. The second kappa shape index (κ2) is 13.1. The molecular formula is C35H30ClF3N2O5S. The van der Waals surface area contributed by atoms with E-state index in [0.29, 0.717) is 25.0 Å². The van der Waals surface area contributed by atoms with E-state index in [1.165, 1.54) is 18.3 Å². The van der Waals surface area contributed by atoms with Crippen molar-refractivity contribution in [3.63, 3.8) is 0 Å². The minimum absolute atomic E-state index is 0.0904. The van der Waals surface area contributed by atoms with Gasteiger partial charge in [-0.1, -0.05) is 71.4 Å². The van der Waals surface area contributed by atoms with E-state index in [0.717, 1.165) is 22.8 Å². The third-order valence-electron chi connectivity index (χ3n) is 8.83. The Balaban J connectivity index is 1.11. The van der Waals surface area contributed by atoms with Crippen molar-refractivity contribution in [1.82, 2.24) is 0 Å². The maximum atomic E-state index is 14.0. The molecule has 2 saturated carbocycles. The number of amides is 1. The molecule has 2 fully saturated rings. The van der Waals surface area contributed by atoms with Gasteiger partial charge in [0.2, 0.25) is 0 Å². The Hall–Kier alpha value is -4.19. The van der Waals surface area contributed by atoms with Crippen molar-refractivity contribution < 1.29 is 36.3 Å². The lowest BCUT2D eigenvalue weighted by molar-refractivity contribution is 0.0411. The quantitative estimate of drug-likeness (QED) is 0.108. The molecule has 0 spiro atoms. The summed E-state index contributed by atoms with van der Waals surface area (Å²) in [6, 6.07) is 22.7. The Bertz CT molecular complexity index is 1900. The molecule has 0 radical (unpaired) electrons. The Morgan fingerprint density at radius 1 is 0.936 bits per heavy atom. The molecule has 4 atom stereocenters. The Morgan fingerprint density at radius 2 is 1.55 bits per heavy atom. The van der Waals surface area contributed by atoms with E-state index in [1.807, 2.05) is 54.6 Å². The van der Waals surface area contributed by atoms with Gasteiger partial charge in [0.05, 0.1) is 21.4 Å². The summed E-state index contributed by atoms with van der Waals surface area (Å²) in [7, 11) is -4.08. The summed E-state index contributed by atoms with van der Waals surface area (Å²) in [5.41, 5.74) is 1.24. The van der Waals surface area contributed by atoms with E-state index < -0.39 is 55.9 Å². The van der Waals surface area contributed by atoms with Crippen LogP contribution in [0.25, 0.3) is 11.1 Å². The summed E-state index contributed by atoms with van der Waals surface area (Å²) in [6.07, 6.45) is 2.77. The third-order valence-corrected chi connectivity index (χ3v) is 11.7. The lowest BCUT2D eigenvalue weighted by atomic mass is 9.78. The highest BCUT2D eigenvalue weighted by Gasteiger charge is 2.54. The van der Waals surface area contributed by atoms with Crippen LogP contribution in [0, 0.1) is 29.3 Å². The normalized spacial score (nSPS) is 22.4. The molecular weight excluding hydrogens is 653 g/mol. The molecule has 2 aliphatic carbocycles. The summed E-state index contributed by atoms with van der Waals surface area (Å²) in [5.74, 6) is -6.33.